The van der Waals surface area contributed by atoms with Crippen molar-refractivity contribution < 1.29 is 0 Å². The van der Waals surface area contributed by atoms with Gasteiger partial charge in [-0.15, -0.1) is 0 Å². The van der Waals surface area contributed by atoms with Gasteiger partial charge in [0.1, 0.15) is 5.52 Å². The normalized spacial score (nSPS) is 12.7. The molecule has 6 nitrogen and oxygen atoms in total. The number of thioether (sulfide) groups is 1. The van der Waals surface area contributed by atoms with Crippen molar-refractivity contribution in [3.05, 3.63) is 6.33 Å². The zero-order valence-electron chi connectivity index (χ0n) is 11.1. The van der Waals surface area contributed by atoms with Crippen molar-refractivity contribution in [1.82, 2.24) is 19.9 Å². The average Bonchev–Trinajstić information content (AvgIpc) is 2.84. The molecule has 0 amide bonds. The minimum atomic E-state index is 0.395. The molecule has 1 unspecified atom stereocenters. The maximum atomic E-state index is 4.52. The standard InChI is InChI=1S/C11H18N6S/c1-7(5-18-4)17(3)10-8-9(14-6-13-8)15-11(12-2)16-10/h6-7H,5H2,1-4H3,(H2,12,13,14,15,16). The Bertz CT molecular complexity index is 525. The van der Waals surface area contributed by atoms with Crippen molar-refractivity contribution in [3.8, 4) is 0 Å². The summed E-state index contributed by atoms with van der Waals surface area (Å²) in [6, 6.07) is 0.395. The van der Waals surface area contributed by atoms with Crippen LogP contribution >= 0.6 is 11.8 Å². The number of H-pyrrole nitrogens is 1. The number of anilines is 2. The molecule has 0 saturated heterocycles. The fourth-order valence-corrected chi connectivity index (χ4v) is 2.45. The minimum Gasteiger partial charge on any atom is -0.357 e. The van der Waals surface area contributed by atoms with Crippen molar-refractivity contribution in [2.75, 3.05) is 36.3 Å². The monoisotopic (exact) mass is 266 g/mol. The highest BCUT2D eigenvalue weighted by atomic mass is 32.2. The fourth-order valence-electron chi connectivity index (χ4n) is 1.75. The minimum absolute atomic E-state index is 0.395. The Morgan fingerprint density at radius 1 is 1.50 bits per heavy atom. The maximum absolute atomic E-state index is 4.52. The number of aromatic nitrogens is 4. The molecule has 1 atom stereocenters. The van der Waals surface area contributed by atoms with Crippen LogP contribution in [0.1, 0.15) is 6.92 Å². The van der Waals surface area contributed by atoms with E-state index in [1.165, 1.54) is 0 Å². The van der Waals surface area contributed by atoms with E-state index in [4.69, 9.17) is 0 Å². The van der Waals surface area contributed by atoms with Crippen LogP contribution in [-0.4, -0.2) is 52.1 Å². The molecule has 2 aromatic heterocycles. The summed E-state index contributed by atoms with van der Waals surface area (Å²) in [4.78, 5) is 18.3. The number of imidazole rings is 1. The summed E-state index contributed by atoms with van der Waals surface area (Å²) in [6.45, 7) is 2.18. The largest absolute Gasteiger partial charge is 0.357 e. The van der Waals surface area contributed by atoms with Gasteiger partial charge in [0.15, 0.2) is 11.5 Å². The first-order valence-corrected chi connectivity index (χ1v) is 7.17. The van der Waals surface area contributed by atoms with Crippen LogP contribution in [0.5, 0.6) is 0 Å². The Morgan fingerprint density at radius 3 is 2.94 bits per heavy atom. The molecule has 2 aromatic rings. The highest BCUT2D eigenvalue weighted by Gasteiger charge is 2.17. The molecule has 18 heavy (non-hydrogen) atoms. The summed E-state index contributed by atoms with van der Waals surface area (Å²) < 4.78 is 0. The van der Waals surface area contributed by atoms with Gasteiger partial charge in [-0.1, -0.05) is 0 Å². The molecule has 0 aliphatic carbocycles. The van der Waals surface area contributed by atoms with E-state index in [-0.39, 0.29) is 0 Å². The van der Waals surface area contributed by atoms with E-state index in [2.05, 4.69) is 43.3 Å². The number of nitrogens with zero attached hydrogens (tertiary/aromatic N) is 4. The van der Waals surface area contributed by atoms with Crippen LogP contribution in [0.2, 0.25) is 0 Å². The van der Waals surface area contributed by atoms with Gasteiger partial charge in [-0.25, -0.2) is 4.98 Å². The Balaban J connectivity index is 2.44. The highest BCUT2D eigenvalue weighted by molar-refractivity contribution is 7.98. The molecular weight excluding hydrogens is 248 g/mol. The molecule has 2 rings (SSSR count). The molecule has 0 aliphatic heterocycles. The van der Waals surface area contributed by atoms with Gasteiger partial charge in [0.05, 0.1) is 6.33 Å². The molecule has 98 valence electrons. The number of fused-ring (bicyclic) bond motifs is 1. The third kappa shape index (κ3) is 2.35. The second-order valence-electron chi connectivity index (χ2n) is 4.14. The average molecular weight is 266 g/mol. The molecular formula is C11H18N6S. The van der Waals surface area contributed by atoms with Crippen LogP contribution < -0.4 is 10.2 Å². The Labute approximate surface area is 111 Å². The summed E-state index contributed by atoms with van der Waals surface area (Å²) in [6.07, 6.45) is 3.75. The van der Waals surface area contributed by atoms with Crippen molar-refractivity contribution in [2.24, 2.45) is 0 Å². The van der Waals surface area contributed by atoms with Crippen LogP contribution in [-0.2, 0) is 0 Å². The van der Waals surface area contributed by atoms with Gasteiger partial charge in [0.25, 0.3) is 0 Å². The lowest BCUT2D eigenvalue weighted by molar-refractivity contribution is 0.755. The zero-order valence-corrected chi connectivity index (χ0v) is 11.9. The van der Waals surface area contributed by atoms with E-state index < -0.39 is 0 Å². The van der Waals surface area contributed by atoms with Crippen LogP contribution in [0, 0.1) is 0 Å². The van der Waals surface area contributed by atoms with Gasteiger partial charge >= 0.3 is 0 Å². The molecule has 0 radical (unpaired) electrons. The summed E-state index contributed by atoms with van der Waals surface area (Å²) in [7, 11) is 3.85. The Hall–Kier alpha value is -1.50. The summed E-state index contributed by atoms with van der Waals surface area (Å²) >= 11 is 1.82. The van der Waals surface area contributed by atoms with Gasteiger partial charge in [-0.2, -0.15) is 21.7 Å². The summed E-state index contributed by atoms with van der Waals surface area (Å²) in [5, 5.41) is 2.97. The lowest BCUT2D eigenvalue weighted by Crippen LogP contribution is -2.32. The first-order valence-electron chi connectivity index (χ1n) is 5.78. The maximum Gasteiger partial charge on any atom is 0.226 e. The number of hydrogen-bond acceptors (Lipinski definition) is 6. The van der Waals surface area contributed by atoms with Crippen LogP contribution in [0.25, 0.3) is 11.2 Å². The summed E-state index contributed by atoms with van der Waals surface area (Å²) in [5.74, 6) is 2.52. The molecule has 0 spiro atoms. The number of aromatic amines is 1. The van der Waals surface area contributed by atoms with E-state index in [1.807, 2.05) is 25.9 Å². The third-order valence-corrected chi connectivity index (χ3v) is 3.71. The van der Waals surface area contributed by atoms with Crippen molar-refractivity contribution in [1.29, 1.82) is 0 Å². The molecule has 0 saturated carbocycles. The Morgan fingerprint density at radius 2 is 2.28 bits per heavy atom. The highest BCUT2D eigenvalue weighted by Crippen LogP contribution is 2.23. The van der Waals surface area contributed by atoms with Crippen molar-refractivity contribution in [2.45, 2.75) is 13.0 Å². The fraction of sp³-hybridized carbons (Fsp3) is 0.545. The first-order chi connectivity index (χ1) is 8.67. The number of nitrogens with one attached hydrogen (secondary N) is 2. The Kier molecular flexibility index (Phi) is 3.90. The van der Waals surface area contributed by atoms with E-state index in [9.17, 15) is 0 Å². The third-order valence-electron chi connectivity index (χ3n) is 2.89. The smallest absolute Gasteiger partial charge is 0.226 e. The van der Waals surface area contributed by atoms with Gasteiger partial charge in [0.2, 0.25) is 5.95 Å². The molecule has 0 aromatic carbocycles. The predicted octanol–water partition coefficient (Wildman–Crippen LogP) is 1.58. The topological polar surface area (TPSA) is 69.7 Å². The lowest BCUT2D eigenvalue weighted by Gasteiger charge is -2.25. The van der Waals surface area contributed by atoms with E-state index in [0.717, 1.165) is 17.1 Å². The first kappa shape index (κ1) is 12.9. The quantitative estimate of drug-likeness (QED) is 0.856. The number of hydrogen-bond donors (Lipinski definition) is 2. The molecule has 0 bridgehead atoms. The summed E-state index contributed by atoms with van der Waals surface area (Å²) in [5.41, 5.74) is 1.57. The molecule has 2 heterocycles. The van der Waals surface area contributed by atoms with Crippen LogP contribution in [0.4, 0.5) is 11.8 Å². The molecule has 2 N–H and O–H groups in total. The molecule has 7 heteroatoms. The molecule has 0 aliphatic rings. The van der Waals surface area contributed by atoms with E-state index in [1.54, 1.807) is 6.33 Å². The SMILES string of the molecule is CNc1nc(N(C)C(C)CSC)c2[nH]cnc2n1. The van der Waals surface area contributed by atoms with Crippen LogP contribution in [0.3, 0.4) is 0 Å². The van der Waals surface area contributed by atoms with Gasteiger partial charge in [-0.3, -0.25) is 0 Å². The second kappa shape index (κ2) is 5.43. The lowest BCUT2D eigenvalue weighted by atomic mass is 10.3. The van der Waals surface area contributed by atoms with Gasteiger partial charge in [0, 0.05) is 25.9 Å². The second-order valence-corrected chi connectivity index (χ2v) is 5.05. The van der Waals surface area contributed by atoms with Crippen LogP contribution in [0.15, 0.2) is 6.33 Å². The molecule has 0 fully saturated rings. The number of rotatable bonds is 5. The van der Waals surface area contributed by atoms with Crippen molar-refractivity contribution in [3.63, 3.8) is 0 Å². The zero-order chi connectivity index (χ0) is 13.1. The van der Waals surface area contributed by atoms with Gasteiger partial charge in [-0.05, 0) is 13.2 Å². The predicted molar refractivity (Wildman–Crippen MR) is 77.5 cm³/mol. The van der Waals surface area contributed by atoms with Gasteiger partial charge < -0.3 is 15.2 Å². The van der Waals surface area contributed by atoms with E-state index >= 15 is 0 Å². The van der Waals surface area contributed by atoms with Crippen molar-refractivity contribution >= 4 is 34.7 Å². The van der Waals surface area contributed by atoms with E-state index in [0.29, 0.717) is 17.6 Å².